The summed E-state index contributed by atoms with van der Waals surface area (Å²) in [5.41, 5.74) is 3.04. The second-order valence-corrected chi connectivity index (χ2v) is 7.18. The molecule has 3 aromatic rings. The van der Waals surface area contributed by atoms with Gasteiger partial charge in [-0.1, -0.05) is 18.2 Å². The number of halogens is 3. The lowest BCUT2D eigenvalue weighted by Gasteiger charge is -2.26. The molecule has 4 rings (SSSR count). The third kappa shape index (κ3) is 3.69. The molecule has 6 heteroatoms. The van der Waals surface area contributed by atoms with Crippen LogP contribution in [0.2, 0.25) is 0 Å². The summed E-state index contributed by atoms with van der Waals surface area (Å²) in [6.07, 6.45) is 3.92. The first-order valence-corrected chi connectivity index (χ1v) is 9.51. The Morgan fingerprint density at radius 2 is 1.79 bits per heavy atom. The van der Waals surface area contributed by atoms with E-state index in [1.165, 1.54) is 23.8 Å². The predicted molar refractivity (Wildman–Crippen MR) is 104 cm³/mol. The molecule has 1 aliphatic heterocycles. The van der Waals surface area contributed by atoms with Gasteiger partial charge in [0.25, 0.3) is 0 Å². The van der Waals surface area contributed by atoms with E-state index >= 15 is 0 Å². The van der Waals surface area contributed by atoms with E-state index in [0.29, 0.717) is 17.9 Å². The molecule has 0 atom stereocenters. The second kappa shape index (κ2) is 7.80. The molecule has 0 saturated heterocycles. The molecule has 2 aromatic carbocycles. The van der Waals surface area contributed by atoms with E-state index < -0.39 is 11.6 Å². The fourth-order valence-electron chi connectivity index (χ4n) is 3.84. The van der Waals surface area contributed by atoms with Gasteiger partial charge < -0.3 is 4.57 Å². The Morgan fingerprint density at radius 3 is 2.50 bits per heavy atom. The van der Waals surface area contributed by atoms with Crippen LogP contribution in [-0.4, -0.2) is 34.1 Å². The maximum atomic E-state index is 14.2. The number of imidazole rings is 1. The maximum Gasteiger partial charge on any atom is 0.184 e. The van der Waals surface area contributed by atoms with Crippen molar-refractivity contribution in [1.29, 1.82) is 0 Å². The monoisotopic (exact) mass is 385 g/mol. The van der Waals surface area contributed by atoms with Crippen molar-refractivity contribution in [2.24, 2.45) is 0 Å². The minimum absolute atomic E-state index is 0.222. The number of hydrogen-bond donors (Lipinski definition) is 0. The van der Waals surface area contributed by atoms with Gasteiger partial charge in [-0.2, -0.15) is 0 Å². The summed E-state index contributed by atoms with van der Waals surface area (Å²) in [4.78, 5) is 6.67. The van der Waals surface area contributed by atoms with E-state index in [1.807, 2.05) is 19.1 Å². The minimum Gasteiger partial charge on any atom is -0.326 e. The molecule has 0 bridgehead atoms. The highest BCUT2D eigenvalue weighted by Crippen LogP contribution is 2.24. The van der Waals surface area contributed by atoms with Crippen molar-refractivity contribution in [3.63, 3.8) is 0 Å². The summed E-state index contributed by atoms with van der Waals surface area (Å²) in [6.45, 7) is 5.03. The van der Waals surface area contributed by atoms with Crippen molar-refractivity contribution in [2.45, 2.75) is 26.3 Å². The summed E-state index contributed by atoms with van der Waals surface area (Å²) in [5.74, 6) is -1.21. The fourth-order valence-corrected chi connectivity index (χ4v) is 3.84. The molecule has 0 unspecified atom stereocenters. The number of hydrogen-bond acceptors (Lipinski definition) is 2. The number of nitrogens with zero attached hydrogens (tertiary/aromatic N) is 3. The predicted octanol–water partition coefficient (Wildman–Crippen LogP) is 4.94. The molecule has 1 aliphatic rings. The van der Waals surface area contributed by atoms with Crippen molar-refractivity contribution in [1.82, 2.24) is 14.5 Å². The van der Waals surface area contributed by atoms with Crippen molar-refractivity contribution in [3.05, 3.63) is 71.3 Å². The normalized spacial score (nSPS) is 15.2. The minimum atomic E-state index is -0.844. The molecular formula is C22H22F3N3. The number of benzene rings is 2. The standard InChI is InChI=1S/C22H22F3N3/c1-15-26-20-8-7-19(24)21(25)22(20)28(15)12-2-11-27-13-9-17(10-14-27)16-3-5-18(23)6-4-16/h3-9H,2,10-14H2,1H3. The quantitative estimate of drug-likeness (QED) is 0.620. The van der Waals surface area contributed by atoms with Crippen LogP contribution in [0.4, 0.5) is 13.2 Å². The first-order valence-electron chi connectivity index (χ1n) is 9.51. The lowest BCUT2D eigenvalue weighted by molar-refractivity contribution is 0.291. The third-order valence-electron chi connectivity index (χ3n) is 5.35. The van der Waals surface area contributed by atoms with Gasteiger partial charge >= 0.3 is 0 Å². The summed E-state index contributed by atoms with van der Waals surface area (Å²) in [7, 11) is 0. The van der Waals surface area contributed by atoms with E-state index in [0.717, 1.165) is 44.1 Å². The molecule has 0 amide bonds. The SMILES string of the molecule is Cc1nc2ccc(F)c(F)c2n1CCCN1CC=C(c2ccc(F)cc2)CC1. The molecule has 146 valence electrons. The summed E-state index contributed by atoms with van der Waals surface area (Å²) < 4.78 is 42.6. The average Bonchev–Trinajstić information content (AvgIpc) is 3.02. The van der Waals surface area contributed by atoms with Gasteiger partial charge in [-0.15, -0.1) is 0 Å². The topological polar surface area (TPSA) is 21.1 Å². The van der Waals surface area contributed by atoms with Crippen molar-refractivity contribution < 1.29 is 13.2 Å². The Labute approximate surface area is 162 Å². The van der Waals surface area contributed by atoms with Crippen LogP contribution in [0.3, 0.4) is 0 Å². The molecule has 3 nitrogen and oxygen atoms in total. The number of fused-ring (bicyclic) bond motifs is 1. The summed E-state index contributed by atoms with van der Waals surface area (Å²) in [5, 5.41) is 0. The molecule has 0 aliphatic carbocycles. The van der Waals surface area contributed by atoms with Crippen LogP contribution in [0.1, 0.15) is 24.2 Å². The Balaban J connectivity index is 1.38. The molecule has 1 aromatic heterocycles. The zero-order valence-electron chi connectivity index (χ0n) is 15.8. The molecule has 0 radical (unpaired) electrons. The van der Waals surface area contributed by atoms with Crippen molar-refractivity contribution in [2.75, 3.05) is 19.6 Å². The Hall–Kier alpha value is -2.60. The van der Waals surface area contributed by atoms with Gasteiger partial charge in [0.1, 0.15) is 17.2 Å². The Bertz CT molecular complexity index is 1020. The Morgan fingerprint density at radius 1 is 1.00 bits per heavy atom. The maximum absolute atomic E-state index is 14.2. The largest absolute Gasteiger partial charge is 0.326 e. The van der Waals surface area contributed by atoms with Crippen LogP contribution in [0.5, 0.6) is 0 Å². The average molecular weight is 385 g/mol. The molecule has 0 N–H and O–H groups in total. The first-order chi connectivity index (χ1) is 13.5. The molecular weight excluding hydrogens is 363 g/mol. The summed E-state index contributed by atoms with van der Waals surface area (Å²) in [6, 6.07) is 9.25. The van der Waals surface area contributed by atoms with Crippen LogP contribution in [0.15, 0.2) is 42.5 Å². The summed E-state index contributed by atoms with van der Waals surface area (Å²) >= 11 is 0. The number of aromatic nitrogens is 2. The zero-order valence-corrected chi connectivity index (χ0v) is 15.8. The van der Waals surface area contributed by atoms with Gasteiger partial charge in [0.2, 0.25) is 0 Å². The lowest BCUT2D eigenvalue weighted by atomic mass is 9.99. The van der Waals surface area contributed by atoms with Gasteiger partial charge in [0, 0.05) is 26.2 Å². The van der Waals surface area contributed by atoms with Crippen LogP contribution in [0, 0.1) is 24.4 Å². The molecule has 28 heavy (non-hydrogen) atoms. The zero-order chi connectivity index (χ0) is 19.7. The van der Waals surface area contributed by atoms with Gasteiger partial charge in [0.05, 0.1) is 5.52 Å². The Kier molecular flexibility index (Phi) is 5.22. The van der Waals surface area contributed by atoms with E-state index in [2.05, 4.69) is 16.0 Å². The van der Waals surface area contributed by atoms with Gasteiger partial charge in [0.15, 0.2) is 11.6 Å². The smallest absolute Gasteiger partial charge is 0.184 e. The van der Waals surface area contributed by atoms with Gasteiger partial charge in [-0.25, -0.2) is 18.2 Å². The second-order valence-electron chi connectivity index (χ2n) is 7.18. The molecule has 0 spiro atoms. The van der Waals surface area contributed by atoms with Crippen LogP contribution in [-0.2, 0) is 6.54 Å². The van der Waals surface area contributed by atoms with Crippen molar-refractivity contribution >= 4 is 16.6 Å². The van der Waals surface area contributed by atoms with Crippen LogP contribution >= 0.6 is 0 Å². The third-order valence-corrected chi connectivity index (χ3v) is 5.35. The lowest BCUT2D eigenvalue weighted by Crippen LogP contribution is -2.30. The highest BCUT2D eigenvalue weighted by molar-refractivity contribution is 5.76. The first kappa shape index (κ1) is 18.7. The van der Waals surface area contributed by atoms with E-state index in [1.54, 1.807) is 4.57 Å². The number of rotatable bonds is 5. The van der Waals surface area contributed by atoms with Crippen LogP contribution in [0.25, 0.3) is 16.6 Å². The highest BCUT2D eigenvalue weighted by atomic mass is 19.2. The van der Waals surface area contributed by atoms with Crippen molar-refractivity contribution in [3.8, 4) is 0 Å². The van der Waals surface area contributed by atoms with Gasteiger partial charge in [-0.3, -0.25) is 4.90 Å². The van der Waals surface area contributed by atoms with Gasteiger partial charge in [-0.05, 0) is 55.2 Å². The van der Waals surface area contributed by atoms with E-state index in [-0.39, 0.29) is 11.3 Å². The molecule has 2 heterocycles. The highest BCUT2D eigenvalue weighted by Gasteiger charge is 2.16. The molecule has 0 fully saturated rings. The molecule has 0 saturated carbocycles. The van der Waals surface area contributed by atoms with E-state index in [9.17, 15) is 13.2 Å². The number of aryl methyl sites for hydroxylation is 2. The van der Waals surface area contributed by atoms with Crippen LogP contribution < -0.4 is 0 Å². The van der Waals surface area contributed by atoms with E-state index in [4.69, 9.17) is 0 Å². The fraction of sp³-hybridized carbons (Fsp3) is 0.318.